The molecular weight excluding hydrogens is 354 g/mol. The highest BCUT2D eigenvalue weighted by Gasteiger charge is 2.22. The van der Waals surface area contributed by atoms with Crippen molar-refractivity contribution in [1.82, 2.24) is 4.98 Å². The molecule has 0 fully saturated rings. The molecule has 0 spiro atoms. The molecule has 0 aliphatic rings. The molecule has 2 aromatic carbocycles. The summed E-state index contributed by atoms with van der Waals surface area (Å²) in [4.78, 5) is 16.8. The summed E-state index contributed by atoms with van der Waals surface area (Å²) in [6.07, 6.45) is 0. The number of hydrogen-bond acceptors (Lipinski definition) is 5. The average molecular weight is 376 g/mol. The number of nitrogens with zero attached hydrogens (tertiary/aromatic N) is 1. The van der Waals surface area contributed by atoms with Gasteiger partial charge in [0.15, 0.2) is 5.58 Å². The summed E-state index contributed by atoms with van der Waals surface area (Å²) in [5.41, 5.74) is 9.13. The first kappa shape index (κ1) is 19.9. The van der Waals surface area contributed by atoms with Crippen LogP contribution >= 0.6 is 12.4 Å². The molecule has 0 aliphatic heterocycles. The fourth-order valence-electron chi connectivity index (χ4n) is 2.62. The predicted octanol–water partition coefficient (Wildman–Crippen LogP) is 3.67. The van der Waals surface area contributed by atoms with E-state index in [0.29, 0.717) is 29.3 Å². The van der Waals surface area contributed by atoms with E-state index in [1.807, 2.05) is 37.3 Å². The SMILES string of the molecule is COCc1nc2cc(NC(=O)C(C)C(N)c3ccccc3)ccc2o1.Cl. The zero-order valence-electron chi connectivity index (χ0n) is 14.6. The van der Waals surface area contributed by atoms with Gasteiger partial charge >= 0.3 is 0 Å². The Kier molecular flexibility index (Phi) is 6.74. The third kappa shape index (κ3) is 4.40. The number of ether oxygens (including phenoxy) is 1. The molecule has 2 atom stereocenters. The summed E-state index contributed by atoms with van der Waals surface area (Å²) in [7, 11) is 1.58. The molecular formula is C19H22ClN3O3. The maximum Gasteiger partial charge on any atom is 0.229 e. The van der Waals surface area contributed by atoms with Gasteiger partial charge in [-0.2, -0.15) is 0 Å². The number of methoxy groups -OCH3 is 1. The molecule has 7 heteroatoms. The largest absolute Gasteiger partial charge is 0.438 e. The number of aromatic nitrogens is 1. The van der Waals surface area contributed by atoms with Crippen molar-refractivity contribution in [3.05, 3.63) is 60.0 Å². The first-order valence-corrected chi connectivity index (χ1v) is 8.08. The standard InChI is InChI=1S/C19H21N3O3.ClH/c1-12(18(20)13-6-4-3-5-7-13)19(23)21-14-8-9-16-15(10-14)22-17(25-16)11-24-2;/h3-10,12,18H,11,20H2,1-2H3,(H,21,23);1H. The maximum absolute atomic E-state index is 12.5. The fourth-order valence-corrected chi connectivity index (χ4v) is 2.62. The molecule has 0 saturated heterocycles. The maximum atomic E-state index is 12.5. The number of nitrogens with one attached hydrogen (secondary N) is 1. The number of carbonyl (C=O) groups excluding carboxylic acids is 1. The molecule has 3 rings (SSSR count). The number of carbonyl (C=O) groups is 1. The lowest BCUT2D eigenvalue weighted by atomic mass is 9.94. The molecule has 6 nitrogen and oxygen atoms in total. The highest BCUT2D eigenvalue weighted by atomic mass is 35.5. The molecule has 1 aromatic heterocycles. The molecule has 26 heavy (non-hydrogen) atoms. The second-order valence-electron chi connectivity index (χ2n) is 5.94. The summed E-state index contributed by atoms with van der Waals surface area (Å²) in [5, 5.41) is 2.89. The Hall–Kier alpha value is -2.41. The lowest BCUT2D eigenvalue weighted by Gasteiger charge is -2.19. The van der Waals surface area contributed by atoms with E-state index >= 15 is 0 Å². The van der Waals surface area contributed by atoms with E-state index < -0.39 is 0 Å². The van der Waals surface area contributed by atoms with Crippen molar-refractivity contribution in [2.75, 3.05) is 12.4 Å². The lowest BCUT2D eigenvalue weighted by molar-refractivity contribution is -0.120. The minimum atomic E-state index is -0.376. The minimum Gasteiger partial charge on any atom is -0.438 e. The van der Waals surface area contributed by atoms with Crippen LogP contribution in [0.3, 0.4) is 0 Å². The van der Waals surface area contributed by atoms with Gasteiger partial charge in [-0.05, 0) is 23.8 Å². The number of benzene rings is 2. The van der Waals surface area contributed by atoms with Gasteiger partial charge in [-0.25, -0.2) is 4.98 Å². The second-order valence-corrected chi connectivity index (χ2v) is 5.94. The molecule has 0 radical (unpaired) electrons. The van der Waals surface area contributed by atoms with Gasteiger partial charge in [-0.15, -0.1) is 12.4 Å². The molecule has 2 unspecified atom stereocenters. The van der Waals surface area contributed by atoms with Crippen LogP contribution < -0.4 is 11.1 Å². The van der Waals surface area contributed by atoms with Crippen LogP contribution in [-0.2, 0) is 16.1 Å². The van der Waals surface area contributed by atoms with Gasteiger partial charge < -0.3 is 20.2 Å². The smallest absolute Gasteiger partial charge is 0.229 e. The van der Waals surface area contributed by atoms with Gasteiger partial charge in [-0.3, -0.25) is 4.79 Å². The van der Waals surface area contributed by atoms with Gasteiger partial charge in [0.1, 0.15) is 12.1 Å². The molecule has 138 valence electrons. The predicted molar refractivity (Wildman–Crippen MR) is 103 cm³/mol. The highest BCUT2D eigenvalue weighted by Crippen LogP contribution is 2.23. The summed E-state index contributed by atoms with van der Waals surface area (Å²) >= 11 is 0. The third-order valence-electron chi connectivity index (χ3n) is 4.10. The first-order chi connectivity index (χ1) is 12.1. The molecule has 1 amide bonds. The Morgan fingerprint density at radius 1 is 1.27 bits per heavy atom. The Labute approximate surface area is 158 Å². The van der Waals surface area contributed by atoms with Crippen LogP contribution in [-0.4, -0.2) is 18.0 Å². The zero-order valence-corrected chi connectivity index (χ0v) is 15.5. The van der Waals surface area contributed by atoms with Crippen LogP contribution in [0.25, 0.3) is 11.1 Å². The summed E-state index contributed by atoms with van der Waals surface area (Å²) in [5.74, 6) is -0.0174. The number of amides is 1. The number of anilines is 1. The van der Waals surface area contributed by atoms with Crippen LogP contribution in [0.1, 0.15) is 24.4 Å². The van der Waals surface area contributed by atoms with Crippen LogP contribution in [0.5, 0.6) is 0 Å². The van der Waals surface area contributed by atoms with E-state index in [0.717, 1.165) is 5.56 Å². The van der Waals surface area contributed by atoms with Crippen LogP contribution in [0.15, 0.2) is 52.9 Å². The number of rotatable bonds is 6. The van der Waals surface area contributed by atoms with Crippen molar-refractivity contribution in [1.29, 1.82) is 0 Å². The van der Waals surface area contributed by atoms with E-state index in [9.17, 15) is 4.79 Å². The quantitative estimate of drug-likeness (QED) is 0.686. The van der Waals surface area contributed by atoms with Crippen molar-refractivity contribution in [2.24, 2.45) is 11.7 Å². The molecule has 0 aliphatic carbocycles. The number of fused-ring (bicyclic) bond motifs is 1. The molecule has 3 aromatic rings. The van der Waals surface area contributed by atoms with Crippen LogP contribution in [0, 0.1) is 5.92 Å². The van der Waals surface area contributed by atoms with E-state index in [1.54, 1.807) is 25.3 Å². The first-order valence-electron chi connectivity index (χ1n) is 8.08. The molecule has 0 saturated carbocycles. The van der Waals surface area contributed by atoms with Crippen molar-refractivity contribution >= 4 is 35.1 Å². The van der Waals surface area contributed by atoms with E-state index in [1.165, 1.54) is 0 Å². The Bertz CT molecular complexity index is 867. The van der Waals surface area contributed by atoms with Gasteiger partial charge in [-0.1, -0.05) is 37.3 Å². The van der Waals surface area contributed by atoms with Gasteiger partial charge in [0.25, 0.3) is 0 Å². The topological polar surface area (TPSA) is 90.4 Å². The van der Waals surface area contributed by atoms with Crippen molar-refractivity contribution in [2.45, 2.75) is 19.6 Å². The summed E-state index contributed by atoms with van der Waals surface area (Å²) < 4.78 is 10.6. The second kappa shape index (κ2) is 8.80. The third-order valence-corrected chi connectivity index (χ3v) is 4.10. The molecule has 0 bridgehead atoms. The van der Waals surface area contributed by atoms with Crippen molar-refractivity contribution < 1.29 is 13.9 Å². The molecule has 1 heterocycles. The monoisotopic (exact) mass is 375 g/mol. The Balaban J connectivity index is 0.00000243. The van der Waals surface area contributed by atoms with Crippen LogP contribution in [0.2, 0.25) is 0 Å². The minimum absolute atomic E-state index is 0. The van der Waals surface area contributed by atoms with Gasteiger partial charge in [0.2, 0.25) is 11.8 Å². The average Bonchev–Trinajstić information content (AvgIpc) is 3.03. The van der Waals surface area contributed by atoms with E-state index in [4.69, 9.17) is 14.9 Å². The van der Waals surface area contributed by atoms with Crippen LogP contribution in [0.4, 0.5) is 5.69 Å². The van der Waals surface area contributed by atoms with E-state index in [-0.39, 0.29) is 30.3 Å². The number of halogens is 1. The number of nitrogens with two attached hydrogens (primary N) is 1. The Morgan fingerprint density at radius 2 is 2.00 bits per heavy atom. The summed E-state index contributed by atoms with van der Waals surface area (Å²) in [6.45, 7) is 2.12. The normalized spacial score (nSPS) is 13.0. The highest BCUT2D eigenvalue weighted by molar-refractivity contribution is 5.94. The number of oxazole rings is 1. The van der Waals surface area contributed by atoms with E-state index in [2.05, 4.69) is 10.3 Å². The lowest BCUT2D eigenvalue weighted by Crippen LogP contribution is -2.30. The number of hydrogen-bond donors (Lipinski definition) is 2. The summed E-state index contributed by atoms with van der Waals surface area (Å²) in [6, 6.07) is 14.6. The fraction of sp³-hybridized carbons (Fsp3) is 0.263. The zero-order chi connectivity index (χ0) is 17.8. The van der Waals surface area contributed by atoms with Crippen molar-refractivity contribution in [3.63, 3.8) is 0 Å². The van der Waals surface area contributed by atoms with Gasteiger partial charge in [0.05, 0.1) is 5.92 Å². The molecule has 3 N–H and O–H groups in total. The van der Waals surface area contributed by atoms with Crippen molar-refractivity contribution in [3.8, 4) is 0 Å². The Morgan fingerprint density at radius 3 is 2.69 bits per heavy atom. The van der Waals surface area contributed by atoms with Gasteiger partial charge in [0, 0.05) is 18.8 Å².